The van der Waals surface area contributed by atoms with Crippen LogP contribution in [-0.4, -0.2) is 10.9 Å². The lowest BCUT2D eigenvalue weighted by molar-refractivity contribution is 0.102. The molecule has 1 heterocycles. The smallest absolute Gasteiger partial charge is 0.274 e. The van der Waals surface area contributed by atoms with Gasteiger partial charge in [0.1, 0.15) is 11.5 Å². The largest absolute Gasteiger partial charge is 0.320 e. The molecule has 1 aromatic heterocycles. The first-order valence-corrected chi connectivity index (χ1v) is 6.46. The van der Waals surface area contributed by atoms with Crippen LogP contribution in [0.25, 0.3) is 0 Å². The Bertz CT molecular complexity index is 603. The van der Waals surface area contributed by atoms with Gasteiger partial charge in [-0.3, -0.25) is 4.79 Å². The summed E-state index contributed by atoms with van der Waals surface area (Å²) in [5.74, 6) is -0.818. The molecule has 0 saturated carbocycles. The highest BCUT2D eigenvalue weighted by atomic mass is 79.9. The lowest BCUT2D eigenvalue weighted by Gasteiger charge is -2.12. The van der Waals surface area contributed by atoms with Crippen molar-refractivity contribution in [3.8, 4) is 0 Å². The normalized spacial score (nSPS) is 10.3. The Morgan fingerprint density at radius 2 is 1.89 bits per heavy atom. The van der Waals surface area contributed by atoms with E-state index in [1.807, 2.05) is 26.0 Å². The molecule has 0 spiro atoms. The van der Waals surface area contributed by atoms with Gasteiger partial charge >= 0.3 is 0 Å². The van der Waals surface area contributed by atoms with Crippen molar-refractivity contribution in [1.82, 2.24) is 4.98 Å². The van der Waals surface area contributed by atoms with Gasteiger partial charge in [-0.2, -0.15) is 0 Å². The van der Waals surface area contributed by atoms with Crippen molar-refractivity contribution in [3.05, 3.63) is 57.6 Å². The third-order valence-electron chi connectivity index (χ3n) is 2.70. The maximum absolute atomic E-state index is 12.8. The zero-order chi connectivity index (χ0) is 14.0. The molecule has 1 amide bonds. The van der Waals surface area contributed by atoms with Gasteiger partial charge in [0.15, 0.2) is 0 Å². The Labute approximate surface area is 119 Å². The summed E-state index contributed by atoms with van der Waals surface area (Å²) in [5.41, 5.74) is 2.83. The van der Waals surface area contributed by atoms with Crippen molar-refractivity contribution in [2.75, 3.05) is 5.32 Å². The molecule has 5 heteroatoms. The summed E-state index contributed by atoms with van der Waals surface area (Å²) < 4.78 is 13.7. The molecule has 98 valence electrons. The van der Waals surface area contributed by atoms with E-state index in [9.17, 15) is 9.18 Å². The number of carbonyl (C=O) groups excluding carboxylic acids is 1. The maximum atomic E-state index is 12.8. The second kappa shape index (κ2) is 5.48. The summed E-state index contributed by atoms with van der Waals surface area (Å²) >= 11 is 3.40. The second-order valence-electron chi connectivity index (χ2n) is 4.23. The standard InChI is InChI=1S/C14H12BrFN2O/c1-8-5-10(15)6-9(2)13(8)18-14(19)12-4-3-11(16)7-17-12/h3-7H,1-2H3,(H,18,19). The monoisotopic (exact) mass is 322 g/mol. The highest BCUT2D eigenvalue weighted by molar-refractivity contribution is 9.10. The Balaban J connectivity index is 2.26. The zero-order valence-electron chi connectivity index (χ0n) is 10.5. The first kappa shape index (κ1) is 13.7. The van der Waals surface area contributed by atoms with Gasteiger partial charge in [-0.1, -0.05) is 15.9 Å². The number of hydrogen-bond donors (Lipinski definition) is 1. The summed E-state index contributed by atoms with van der Waals surface area (Å²) in [4.78, 5) is 15.8. The molecule has 0 aliphatic heterocycles. The topological polar surface area (TPSA) is 42.0 Å². The predicted molar refractivity (Wildman–Crippen MR) is 75.8 cm³/mol. The van der Waals surface area contributed by atoms with Crippen LogP contribution >= 0.6 is 15.9 Å². The van der Waals surface area contributed by atoms with Gasteiger partial charge in [0.2, 0.25) is 0 Å². The summed E-state index contributed by atoms with van der Waals surface area (Å²) in [6.45, 7) is 3.82. The lowest BCUT2D eigenvalue weighted by atomic mass is 10.1. The summed E-state index contributed by atoms with van der Waals surface area (Å²) in [6.07, 6.45) is 1.02. The number of aryl methyl sites for hydroxylation is 2. The third-order valence-corrected chi connectivity index (χ3v) is 3.15. The fraction of sp³-hybridized carbons (Fsp3) is 0.143. The molecule has 0 aliphatic rings. The van der Waals surface area contributed by atoms with Crippen molar-refractivity contribution in [2.24, 2.45) is 0 Å². The molecular weight excluding hydrogens is 311 g/mol. The minimum atomic E-state index is -0.465. The molecule has 0 bridgehead atoms. The quantitative estimate of drug-likeness (QED) is 0.912. The molecule has 1 aromatic carbocycles. The van der Waals surface area contributed by atoms with Crippen molar-refractivity contribution in [2.45, 2.75) is 13.8 Å². The Morgan fingerprint density at radius 1 is 1.26 bits per heavy atom. The molecule has 1 N–H and O–H groups in total. The van der Waals surface area contributed by atoms with Gasteiger partial charge in [0.05, 0.1) is 6.20 Å². The minimum Gasteiger partial charge on any atom is -0.320 e. The van der Waals surface area contributed by atoms with Gasteiger partial charge < -0.3 is 5.32 Å². The third kappa shape index (κ3) is 3.17. The first-order chi connectivity index (χ1) is 8.97. The Hall–Kier alpha value is -1.75. The predicted octanol–water partition coefficient (Wildman–Crippen LogP) is 3.85. The number of anilines is 1. The van der Waals surface area contributed by atoms with Crippen molar-refractivity contribution >= 4 is 27.5 Å². The van der Waals surface area contributed by atoms with E-state index in [-0.39, 0.29) is 11.6 Å². The van der Waals surface area contributed by atoms with Crippen LogP contribution < -0.4 is 5.32 Å². The molecule has 2 rings (SSSR count). The zero-order valence-corrected chi connectivity index (χ0v) is 12.1. The number of benzene rings is 1. The van der Waals surface area contributed by atoms with E-state index in [1.54, 1.807) is 0 Å². The SMILES string of the molecule is Cc1cc(Br)cc(C)c1NC(=O)c1ccc(F)cn1. The number of hydrogen-bond acceptors (Lipinski definition) is 2. The van der Waals surface area contributed by atoms with E-state index in [0.29, 0.717) is 0 Å². The summed E-state index contributed by atoms with van der Waals surface area (Å²) in [6, 6.07) is 6.40. The van der Waals surface area contributed by atoms with Crippen LogP contribution in [0.3, 0.4) is 0 Å². The highest BCUT2D eigenvalue weighted by Gasteiger charge is 2.11. The molecule has 0 saturated heterocycles. The van der Waals surface area contributed by atoms with Gasteiger partial charge in [0.25, 0.3) is 5.91 Å². The Morgan fingerprint density at radius 3 is 2.42 bits per heavy atom. The number of carbonyl (C=O) groups is 1. The lowest BCUT2D eigenvalue weighted by Crippen LogP contribution is -2.15. The molecule has 3 nitrogen and oxygen atoms in total. The highest BCUT2D eigenvalue weighted by Crippen LogP contribution is 2.25. The van der Waals surface area contributed by atoms with Gasteiger partial charge in [-0.25, -0.2) is 9.37 Å². The number of amides is 1. The molecule has 0 aliphatic carbocycles. The van der Waals surface area contributed by atoms with E-state index < -0.39 is 5.82 Å². The van der Waals surface area contributed by atoms with Crippen LogP contribution in [0.4, 0.5) is 10.1 Å². The second-order valence-corrected chi connectivity index (χ2v) is 5.15. The van der Waals surface area contributed by atoms with E-state index in [0.717, 1.165) is 27.5 Å². The van der Waals surface area contributed by atoms with Crippen LogP contribution in [0, 0.1) is 19.7 Å². The Kier molecular flexibility index (Phi) is 3.95. The van der Waals surface area contributed by atoms with Crippen molar-refractivity contribution < 1.29 is 9.18 Å². The van der Waals surface area contributed by atoms with Crippen LogP contribution in [0.1, 0.15) is 21.6 Å². The molecule has 0 unspecified atom stereocenters. The number of nitrogens with one attached hydrogen (secondary N) is 1. The molecule has 0 fully saturated rings. The minimum absolute atomic E-state index is 0.183. The number of pyridine rings is 1. The van der Waals surface area contributed by atoms with Gasteiger partial charge in [-0.05, 0) is 49.2 Å². The van der Waals surface area contributed by atoms with Gasteiger partial charge in [-0.15, -0.1) is 0 Å². The van der Waals surface area contributed by atoms with Crippen LogP contribution in [-0.2, 0) is 0 Å². The summed E-state index contributed by atoms with van der Waals surface area (Å²) in [5, 5.41) is 2.80. The number of rotatable bonds is 2. The number of aromatic nitrogens is 1. The average molecular weight is 323 g/mol. The molecular formula is C14H12BrFN2O. The molecule has 0 radical (unpaired) electrons. The van der Waals surface area contributed by atoms with E-state index in [4.69, 9.17) is 0 Å². The maximum Gasteiger partial charge on any atom is 0.274 e. The average Bonchev–Trinajstić information content (AvgIpc) is 2.34. The van der Waals surface area contributed by atoms with Crippen LogP contribution in [0.15, 0.2) is 34.9 Å². The van der Waals surface area contributed by atoms with Crippen LogP contribution in [0.5, 0.6) is 0 Å². The summed E-state index contributed by atoms with van der Waals surface area (Å²) in [7, 11) is 0. The molecule has 2 aromatic rings. The van der Waals surface area contributed by atoms with E-state index in [2.05, 4.69) is 26.2 Å². The number of nitrogens with zero attached hydrogens (tertiary/aromatic N) is 1. The molecule has 0 atom stereocenters. The van der Waals surface area contributed by atoms with Crippen molar-refractivity contribution in [3.63, 3.8) is 0 Å². The van der Waals surface area contributed by atoms with Crippen LogP contribution in [0.2, 0.25) is 0 Å². The fourth-order valence-corrected chi connectivity index (χ4v) is 2.48. The molecule has 19 heavy (non-hydrogen) atoms. The van der Waals surface area contributed by atoms with E-state index >= 15 is 0 Å². The fourth-order valence-electron chi connectivity index (χ4n) is 1.80. The van der Waals surface area contributed by atoms with E-state index in [1.165, 1.54) is 12.1 Å². The van der Waals surface area contributed by atoms with Gasteiger partial charge in [0, 0.05) is 10.2 Å². The first-order valence-electron chi connectivity index (χ1n) is 5.67. The van der Waals surface area contributed by atoms with Crippen molar-refractivity contribution in [1.29, 1.82) is 0 Å². The number of halogens is 2.